The fourth-order valence-electron chi connectivity index (χ4n) is 1.20. The van der Waals surface area contributed by atoms with Gasteiger partial charge in [0.05, 0.1) is 13.2 Å². The predicted molar refractivity (Wildman–Crippen MR) is 67.8 cm³/mol. The summed E-state index contributed by atoms with van der Waals surface area (Å²) < 4.78 is 10.7. The van der Waals surface area contributed by atoms with Gasteiger partial charge in [0.15, 0.2) is 0 Å². The van der Waals surface area contributed by atoms with E-state index < -0.39 is 0 Å². The molecule has 0 aromatic rings. The van der Waals surface area contributed by atoms with Crippen LogP contribution >= 0.6 is 0 Å². The van der Waals surface area contributed by atoms with Crippen molar-refractivity contribution < 1.29 is 14.3 Å². The smallest absolute Gasteiger partial charge is 0.218 e. The van der Waals surface area contributed by atoms with Crippen LogP contribution in [0, 0.1) is 0 Å². The number of ether oxygens (including phenoxy) is 2. The minimum atomic E-state index is -0.266. The van der Waals surface area contributed by atoms with Crippen molar-refractivity contribution >= 4 is 5.91 Å². The van der Waals surface area contributed by atoms with Crippen molar-refractivity contribution in [2.24, 2.45) is 5.73 Å². The van der Waals surface area contributed by atoms with Crippen LogP contribution in [-0.2, 0) is 14.3 Å². The summed E-state index contributed by atoms with van der Waals surface area (Å²) >= 11 is 0. The van der Waals surface area contributed by atoms with Gasteiger partial charge in [0.2, 0.25) is 5.91 Å². The number of hydrogen-bond acceptors (Lipinski definition) is 4. The molecule has 5 heteroatoms. The molecule has 0 aromatic carbocycles. The first-order chi connectivity index (χ1) is 8.27. The van der Waals surface area contributed by atoms with Crippen molar-refractivity contribution in [1.82, 2.24) is 5.32 Å². The quantitative estimate of drug-likeness (QED) is 0.469. The lowest BCUT2D eigenvalue weighted by molar-refractivity contribution is -0.117. The van der Waals surface area contributed by atoms with Gasteiger partial charge in [-0.05, 0) is 19.4 Å². The van der Waals surface area contributed by atoms with E-state index in [0.717, 1.165) is 39.0 Å². The summed E-state index contributed by atoms with van der Waals surface area (Å²) in [5.74, 6) is -0.266. The van der Waals surface area contributed by atoms with Crippen LogP contribution in [0.3, 0.4) is 0 Å². The minimum absolute atomic E-state index is 0.266. The van der Waals surface area contributed by atoms with E-state index in [1.165, 1.54) is 0 Å². The first-order valence-corrected chi connectivity index (χ1v) is 6.42. The molecule has 0 atom stereocenters. The molecule has 0 saturated heterocycles. The maximum absolute atomic E-state index is 10.4. The molecule has 0 bridgehead atoms. The molecule has 0 radical (unpaired) electrons. The van der Waals surface area contributed by atoms with Crippen molar-refractivity contribution in [2.75, 3.05) is 39.5 Å². The van der Waals surface area contributed by atoms with Gasteiger partial charge in [0.1, 0.15) is 0 Å². The molecule has 0 aliphatic carbocycles. The van der Waals surface area contributed by atoms with Crippen molar-refractivity contribution in [3.63, 3.8) is 0 Å². The molecule has 0 saturated carbocycles. The number of nitrogens with two attached hydrogens (primary N) is 1. The van der Waals surface area contributed by atoms with Crippen molar-refractivity contribution in [2.45, 2.75) is 32.6 Å². The summed E-state index contributed by atoms with van der Waals surface area (Å²) in [6.45, 7) is 6.53. The molecule has 0 aromatic heterocycles. The molecule has 17 heavy (non-hydrogen) atoms. The first kappa shape index (κ1) is 16.4. The van der Waals surface area contributed by atoms with Crippen LogP contribution in [0.4, 0.5) is 0 Å². The second kappa shape index (κ2) is 13.4. The summed E-state index contributed by atoms with van der Waals surface area (Å²) in [4.78, 5) is 10.4. The van der Waals surface area contributed by atoms with E-state index in [0.29, 0.717) is 26.2 Å². The van der Waals surface area contributed by atoms with Crippen LogP contribution in [0.15, 0.2) is 0 Å². The number of carbonyl (C=O) groups is 1. The second-order valence-electron chi connectivity index (χ2n) is 3.90. The van der Waals surface area contributed by atoms with Gasteiger partial charge in [-0.3, -0.25) is 4.79 Å². The highest BCUT2D eigenvalue weighted by Crippen LogP contribution is 1.88. The maximum atomic E-state index is 10.4. The lowest BCUT2D eigenvalue weighted by atomic mass is 10.4. The van der Waals surface area contributed by atoms with Gasteiger partial charge in [-0.1, -0.05) is 13.3 Å². The maximum Gasteiger partial charge on any atom is 0.218 e. The van der Waals surface area contributed by atoms with Gasteiger partial charge in [-0.25, -0.2) is 0 Å². The normalized spacial score (nSPS) is 10.6. The summed E-state index contributed by atoms with van der Waals surface area (Å²) in [7, 11) is 0. The molecule has 0 fully saturated rings. The van der Waals surface area contributed by atoms with E-state index in [2.05, 4.69) is 12.2 Å². The van der Waals surface area contributed by atoms with Gasteiger partial charge in [-0.2, -0.15) is 0 Å². The van der Waals surface area contributed by atoms with Crippen molar-refractivity contribution in [3.8, 4) is 0 Å². The van der Waals surface area contributed by atoms with E-state index >= 15 is 0 Å². The number of amides is 1. The van der Waals surface area contributed by atoms with Gasteiger partial charge in [-0.15, -0.1) is 0 Å². The zero-order valence-corrected chi connectivity index (χ0v) is 10.9. The zero-order chi connectivity index (χ0) is 12.8. The van der Waals surface area contributed by atoms with Crippen LogP contribution < -0.4 is 11.1 Å². The number of unbranched alkanes of at least 4 members (excludes halogenated alkanes) is 1. The largest absolute Gasteiger partial charge is 0.379 e. The third kappa shape index (κ3) is 15.4. The number of carbonyl (C=O) groups excluding carboxylic acids is 1. The molecule has 0 unspecified atom stereocenters. The van der Waals surface area contributed by atoms with Crippen LogP contribution in [0.2, 0.25) is 0 Å². The summed E-state index contributed by atoms with van der Waals surface area (Å²) in [5, 5.41) is 3.12. The molecule has 0 aliphatic rings. The molecule has 0 aliphatic heterocycles. The molecule has 1 amide bonds. The van der Waals surface area contributed by atoms with Gasteiger partial charge in [0, 0.05) is 26.2 Å². The van der Waals surface area contributed by atoms with Gasteiger partial charge >= 0.3 is 0 Å². The van der Waals surface area contributed by atoms with E-state index in [4.69, 9.17) is 15.2 Å². The lowest BCUT2D eigenvalue weighted by Crippen LogP contribution is -2.23. The minimum Gasteiger partial charge on any atom is -0.379 e. The van der Waals surface area contributed by atoms with Crippen molar-refractivity contribution in [3.05, 3.63) is 0 Å². The summed E-state index contributed by atoms with van der Waals surface area (Å²) in [5.41, 5.74) is 5.01. The summed E-state index contributed by atoms with van der Waals surface area (Å²) in [6.07, 6.45) is 3.61. The average Bonchev–Trinajstić information content (AvgIpc) is 2.30. The average molecular weight is 246 g/mol. The molecule has 5 nitrogen and oxygen atoms in total. The highest BCUT2D eigenvalue weighted by molar-refractivity contribution is 5.73. The van der Waals surface area contributed by atoms with Crippen LogP contribution in [0.5, 0.6) is 0 Å². The number of rotatable bonds is 13. The Bertz CT molecular complexity index is 177. The Kier molecular flexibility index (Phi) is 12.9. The van der Waals surface area contributed by atoms with Crippen LogP contribution in [0.1, 0.15) is 32.6 Å². The van der Waals surface area contributed by atoms with Crippen LogP contribution in [0.25, 0.3) is 0 Å². The number of nitrogens with one attached hydrogen (secondary N) is 1. The van der Waals surface area contributed by atoms with E-state index in [1.807, 2.05) is 0 Å². The molecule has 102 valence electrons. The van der Waals surface area contributed by atoms with Crippen molar-refractivity contribution in [1.29, 1.82) is 0 Å². The fraction of sp³-hybridized carbons (Fsp3) is 0.917. The lowest BCUT2D eigenvalue weighted by Gasteiger charge is -2.06. The zero-order valence-electron chi connectivity index (χ0n) is 10.9. The molecule has 0 rings (SSSR count). The van der Waals surface area contributed by atoms with Crippen LogP contribution in [-0.4, -0.2) is 45.4 Å². The Morgan fingerprint density at radius 2 is 1.71 bits per heavy atom. The predicted octanol–water partition coefficient (Wildman–Crippen LogP) is 0.675. The Morgan fingerprint density at radius 3 is 2.29 bits per heavy atom. The molecule has 0 spiro atoms. The second-order valence-corrected chi connectivity index (χ2v) is 3.90. The third-order valence-corrected chi connectivity index (χ3v) is 2.20. The van der Waals surface area contributed by atoms with Gasteiger partial charge < -0.3 is 20.5 Å². The Labute approximate surface area is 104 Å². The highest BCUT2D eigenvalue weighted by Gasteiger charge is 1.94. The fourth-order valence-corrected chi connectivity index (χ4v) is 1.20. The van der Waals surface area contributed by atoms with E-state index in [-0.39, 0.29) is 5.91 Å². The Balaban J connectivity index is 2.91. The Morgan fingerprint density at radius 1 is 1.06 bits per heavy atom. The summed E-state index contributed by atoms with van der Waals surface area (Å²) in [6, 6.07) is 0. The Hall–Kier alpha value is -0.650. The molecule has 0 heterocycles. The number of hydrogen-bond donors (Lipinski definition) is 2. The van der Waals surface area contributed by atoms with E-state index in [9.17, 15) is 4.79 Å². The third-order valence-electron chi connectivity index (χ3n) is 2.20. The SMILES string of the molecule is CCCCOCCOCCCNCCC(N)=O. The number of primary amides is 1. The van der Waals surface area contributed by atoms with Gasteiger partial charge in [0.25, 0.3) is 0 Å². The molecular formula is C12H26N2O3. The highest BCUT2D eigenvalue weighted by atomic mass is 16.5. The standard InChI is InChI=1S/C12H26N2O3/c1-2-3-8-16-10-11-17-9-4-6-14-7-5-12(13)15/h14H,2-11H2,1H3,(H2,13,15). The molecule has 3 N–H and O–H groups in total. The first-order valence-electron chi connectivity index (χ1n) is 6.42. The topological polar surface area (TPSA) is 73.6 Å². The van der Waals surface area contributed by atoms with E-state index in [1.54, 1.807) is 0 Å². The molecular weight excluding hydrogens is 220 g/mol. The monoisotopic (exact) mass is 246 g/mol.